The van der Waals surface area contributed by atoms with Crippen molar-refractivity contribution in [3.63, 3.8) is 0 Å². The molecule has 134 valence electrons. The molecule has 0 spiro atoms. The van der Waals surface area contributed by atoms with Gasteiger partial charge in [-0.25, -0.2) is 9.37 Å². The summed E-state index contributed by atoms with van der Waals surface area (Å²) in [7, 11) is 0. The van der Waals surface area contributed by atoms with Crippen LogP contribution in [0.3, 0.4) is 0 Å². The molecule has 0 amide bonds. The second kappa shape index (κ2) is 8.25. The Morgan fingerprint density at radius 1 is 1.08 bits per heavy atom. The van der Waals surface area contributed by atoms with Gasteiger partial charge in [-0.05, 0) is 37.6 Å². The molecule has 1 saturated heterocycles. The molecule has 1 aliphatic heterocycles. The molecule has 0 unspecified atom stereocenters. The highest BCUT2D eigenvalue weighted by Gasteiger charge is 2.17. The summed E-state index contributed by atoms with van der Waals surface area (Å²) < 4.78 is 12.9. The van der Waals surface area contributed by atoms with E-state index < -0.39 is 0 Å². The van der Waals surface area contributed by atoms with Crippen molar-refractivity contribution in [2.75, 3.05) is 49.5 Å². The molecule has 1 aromatic heterocycles. The number of benzene rings is 1. The number of likely N-dealkylation sites (N-methyl/N-ethyl adjacent to an activating group) is 1. The summed E-state index contributed by atoms with van der Waals surface area (Å²) in [4.78, 5) is 13.9. The molecule has 3 rings (SSSR count). The van der Waals surface area contributed by atoms with Crippen molar-refractivity contribution in [1.82, 2.24) is 14.9 Å². The number of hydrogen-bond acceptors (Lipinski definition) is 5. The number of aryl methyl sites for hydroxylation is 1. The van der Waals surface area contributed by atoms with E-state index in [-0.39, 0.29) is 5.82 Å². The van der Waals surface area contributed by atoms with Crippen molar-refractivity contribution in [3.05, 3.63) is 47.4 Å². The highest BCUT2D eigenvalue weighted by Crippen LogP contribution is 2.17. The molecule has 5 nitrogen and oxygen atoms in total. The highest BCUT2D eigenvalue weighted by atomic mass is 19.1. The fourth-order valence-electron chi connectivity index (χ4n) is 3.06. The van der Waals surface area contributed by atoms with Crippen LogP contribution in [0.15, 0.2) is 30.3 Å². The molecule has 25 heavy (non-hydrogen) atoms. The summed E-state index contributed by atoms with van der Waals surface area (Å²) in [5, 5.41) is 3.29. The van der Waals surface area contributed by atoms with Crippen LogP contribution in [0.25, 0.3) is 0 Å². The molecule has 0 atom stereocenters. The fourth-order valence-corrected chi connectivity index (χ4v) is 3.06. The van der Waals surface area contributed by atoms with E-state index in [1.54, 1.807) is 0 Å². The Morgan fingerprint density at radius 3 is 2.48 bits per heavy atom. The van der Waals surface area contributed by atoms with Gasteiger partial charge in [0.05, 0.1) is 0 Å². The zero-order chi connectivity index (χ0) is 17.6. The van der Waals surface area contributed by atoms with Gasteiger partial charge >= 0.3 is 0 Å². The third-order valence-electron chi connectivity index (χ3n) is 4.59. The Kier molecular flexibility index (Phi) is 5.81. The Labute approximate surface area is 148 Å². The van der Waals surface area contributed by atoms with Crippen molar-refractivity contribution >= 4 is 11.8 Å². The van der Waals surface area contributed by atoms with Gasteiger partial charge in [0.25, 0.3) is 0 Å². The number of nitrogens with one attached hydrogen (secondary N) is 1. The average molecular weight is 343 g/mol. The molecule has 1 aliphatic rings. The van der Waals surface area contributed by atoms with Crippen molar-refractivity contribution in [2.24, 2.45) is 0 Å². The maximum atomic E-state index is 12.9. The molecule has 6 heteroatoms. The third-order valence-corrected chi connectivity index (χ3v) is 4.59. The maximum absolute atomic E-state index is 12.9. The van der Waals surface area contributed by atoms with Crippen LogP contribution in [0, 0.1) is 12.7 Å². The van der Waals surface area contributed by atoms with Crippen LogP contribution in [0.4, 0.5) is 16.2 Å². The summed E-state index contributed by atoms with van der Waals surface area (Å²) in [6.07, 6.45) is 0.808. The lowest BCUT2D eigenvalue weighted by Crippen LogP contribution is -2.46. The molecule has 2 heterocycles. The molecule has 0 saturated carbocycles. The minimum atomic E-state index is -0.202. The van der Waals surface area contributed by atoms with Gasteiger partial charge in [-0.1, -0.05) is 19.1 Å². The Balaban J connectivity index is 1.58. The van der Waals surface area contributed by atoms with E-state index in [0.29, 0.717) is 5.95 Å². The third kappa shape index (κ3) is 4.89. The number of nitrogens with zero attached hydrogens (tertiary/aromatic N) is 4. The van der Waals surface area contributed by atoms with Gasteiger partial charge in [0.1, 0.15) is 11.6 Å². The lowest BCUT2D eigenvalue weighted by Gasteiger charge is -2.34. The van der Waals surface area contributed by atoms with Crippen LogP contribution in [-0.4, -0.2) is 54.1 Å². The van der Waals surface area contributed by atoms with E-state index in [1.807, 2.05) is 25.1 Å². The Hall–Kier alpha value is -2.21. The lowest BCUT2D eigenvalue weighted by atomic mass is 10.1. The van der Waals surface area contributed by atoms with E-state index in [9.17, 15) is 4.39 Å². The quantitative estimate of drug-likeness (QED) is 0.874. The van der Waals surface area contributed by atoms with Crippen LogP contribution >= 0.6 is 0 Å². The standard InChI is InChI=1S/C19H26FN5/c1-3-24-10-12-25(13-11-24)18-14-15(2)22-19(23-18)21-9-8-16-4-6-17(20)7-5-16/h4-7,14H,3,8-13H2,1-2H3,(H,21,22,23). The smallest absolute Gasteiger partial charge is 0.224 e. The number of halogens is 1. The fraction of sp³-hybridized carbons (Fsp3) is 0.474. The summed E-state index contributed by atoms with van der Waals surface area (Å²) in [6.45, 7) is 10.2. The molecule has 2 aromatic rings. The minimum Gasteiger partial charge on any atom is -0.354 e. The second-order valence-electron chi connectivity index (χ2n) is 6.42. The van der Waals surface area contributed by atoms with Crippen molar-refractivity contribution in [2.45, 2.75) is 20.3 Å². The van der Waals surface area contributed by atoms with Gasteiger partial charge in [0.15, 0.2) is 0 Å². The first kappa shape index (κ1) is 17.6. The maximum Gasteiger partial charge on any atom is 0.224 e. The number of piperazine rings is 1. The van der Waals surface area contributed by atoms with Gasteiger partial charge < -0.3 is 15.1 Å². The predicted molar refractivity (Wildman–Crippen MR) is 99.7 cm³/mol. The van der Waals surface area contributed by atoms with E-state index in [4.69, 9.17) is 0 Å². The van der Waals surface area contributed by atoms with Crippen molar-refractivity contribution in [1.29, 1.82) is 0 Å². The number of anilines is 2. The van der Waals surface area contributed by atoms with Crippen molar-refractivity contribution in [3.8, 4) is 0 Å². The minimum absolute atomic E-state index is 0.202. The molecule has 1 N–H and O–H groups in total. The summed E-state index contributed by atoms with van der Waals surface area (Å²) in [6, 6.07) is 8.66. The average Bonchev–Trinajstić information content (AvgIpc) is 2.63. The summed E-state index contributed by atoms with van der Waals surface area (Å²) in [5.41, 5.74) is 2.06. The molecule has 1 aromatic carbocycles. The lowest BCUT2D eigenvalue weighted by molar-refractivity contribution is 0.270. The Bertz CT molecular complexity index is 681. The number of rotatable bonds is 6. The monoisotopic (exact) mass is 343 g/mol. The van der Waals surface area contributed by atoms with Crippen LogP contribution in [-0.2, 0) is 6.42 Å². The first-order valence-electron chi connectivity index (χ1n) is 8.95. The predicted octanol–water partition coefficient (Wildman–Crippen LogP) is 2.72. The Morgan fingerprint density at radius 2 is 1.80 bits per heavy atom. The van der Waals surface area contributed by atoms with E-state index in [1.165, 1.54) is 12.1 Å². The van der Waals surface area contributed by atoms with E-state index in [0.717, 1.165) is 62.8 Å². The first-order valence-corrected chi connectivity index (χ1v) is 8.95. The topological polar surface area (TPSA) is 44.3 Å². The van der Waals surface area contributed by atoms with Gasteiger partial charge in [0, 0.05) is 44.5 Å². The van der Waals surface area contributed by atoms with Crippen LogP contribution in [0.2, 0.25) is 0 Å². The normalized spacial score (nSPS) is 15.4. The van der Waals surface area contributed by atoms with Crippen LogP contribution < -0.4 is 10.2 Å². The summed E-state index contributed by atoms with van der Waals surface area (Å²) in [5.74, 6) is 1.45. The van der Waals surface area contributed by atoms with E-state index >= 15 is 0 Å². The summed E-state index contributed by atoms with van der Waals surface area (Å²) >= 11 is 0. The molecule has 1 fully saturated rings. The van der Waals surface area contributed by atoms with Gasteiger partial charge in [0.2, 0.25) is 5.95 Å². The molecule has 0 aliphatic carbocycles. The highest BCUT2D eigenvalue weighted by molar-refractivity contribution is 5.45. The number of aromatic nitrogens is 2. The van der Waals surface area contributed by atoms with Crippen LogP contribution in [0.5, 0.6) is 0 Å². The molecular formula is C19H26FN5. The second-order valence-corrected chi connectivity index (χ2v) is 6.42. The van der Waals surface area contributed by atoms with Gasteiger partial charge in [-0.3, -0.25) is 0 Å². The van der Waals surface area contributed by atoms with Gasteiger partial charge in [-0.2, -0.15) is 4.98 Å². The van der Waals surface area contributed by atoms with Crippen LogP contribution in [0.1, 0.15) is 18.2 Å². The molecule has 0 bridgehead atoms. The zero-order valence-electron chi connectivity index (χ0n) is 15.0. The first-order chi connectivity index (χ1) is 12.1. The number of hydrogen-bond donors (Lipinski definition) is 1. The molecular weight excluding hydrogens is 317 g/mol. The largest absolute Gasteiger partial charge is 0.354 e. The van der Waals surface area contributed by atoms with E-state index in [2.05, 4.69) is 32.0 Å². The van der Waals surface area contributed by atoms with Crippen molar-refractivity contribution < 1.29 is 4.39 Å². The van der Waals surface area contributed by atoms with Gasteiger partial charge in [-0.15, -0.1) is 0 Å². The SMILES string of the molecule is CCN1CCN(c2cc(C)nc(NCCc3ccc(F)cc3)n2)CC1. The molecule has 0 radical (unpaired) electrons. The zero-order valence-corrected chi connectivity index (χ0v) is 15.0.